The van der Waals surface area contributed by atoms with Gasteiger partial charge in [-0.2, -0.15) is 5.26 Å². The van der Waals surface area contributed by atoms with Gasteiger partial charge in [0.05, 0.1) is 36.9 Å². The fourth-order valence-corrected chi connectivity index (χ4v) is 3.87. The molecule has 1 aromatic heterocycles. The number of amides is 3. The Bertz CT molecular complexity index is 1260. The number of nitrogens with one attached hydrogen (secondary N) is 3. The van der Waals surface area contributed by atoms with Crippen molar-refractivity contribution < 1.29 is 23.5 Å². The zero-order chi connectivity index (χ0) is 25.5. The Morgan fingerprint density at radius 3 is 2.61 bits per heavy atom. The van der Waals surface area contributed by atoms with Crippen LogP contribution in [0.1, 0.15) is 38.2 Å². The van der Waals surface area contributed by atoms with Crippen LogP contribution in [0.2, 0.25) is 0 Å². The molecule has 0 bridgehead atoms. The Morgan fingerprint density at radius 2 is 1.97 bits per heavy atom. The lowest BCUT2D eigenvalue weighted by molar-refractivity contribution is 0.0933. The molecule has 0 radical (unpaired) electrons. The van der Waals surface area contributed by atoms with E-state index in [-0.39, 0.29) is 6.42 Å². The van der Waals surface area contributed by atoms with Crippen LogP contribution in [0.15, 0.2) is 59.5 Å². The topological polar surface area (TPSA) is 139 Å². The van der Waals surface area contributed by atoms with E-state index in [0.29, 0.717) is 34.9 Å². The van der Waals surface area contributed by atoms with Crippen LogP contribution >= 0.6 is 0 Å². The fraction of sp³-hybridized carbons (Fsp3) is 0.308. The summed E-state index contributed by atoms with van der Waals surface area (Å²) in [5, 5.41) is 17.4. The van der Waals surface area contributed by atoms with E-state index in [9.17, 15) is 9.59 Å². The van der Waals surface area contributed by atoms with Crippen LogP contribution in [-0.4, -0.2) is 30.3 Å². The van der Waals surface area contributed by atoms with Gasteiger partial charge >= 0.3 is 12.1 Å². The van der Waals surface area contributed by atoms with Crippen LogP contribution in [0, 0.1) is 11.3 Å². The molecule has 0 unspecified atom stereocenters. The molecule has 36 heavy (non-hydrogen) atoms. The second-order valence-corrected chi connectivity index (χ2v) is 8.45. The summed E-state index contributed by atoms with van der Waals surface area (Å²) < 4.78 is 16.1. The molecule has 10 heteroatoms. The number of rotatable bonds is 9. The highest BCUT2D eigenvalue weighted by Gasteiger charge is 2.46. The van der Waals surface area contributed by atoms with Crippen LogP contribution in [0.25, 0.3) is 11.3 Å². The molecule has 1 aliphatic carbocycles. The zero-order valence-electron chi connectivity index (χ0n) is 20.0. The van der Waals surface area contributed by atoms with Gasteiger partial charge in [0.2, 0.25) is 0 Å². The molecule has 1 atom stereocenters. The Morgan fingerprint density at radius 1 is 1.19 bits per heavy atom. The summed E-state index contributed by atoms with van der Waals surface area (Å²) in [4.78, 5) is 29.0. The first kappa shape index (κ1) is 24.6. The van der Waals surface area contributed by atoms with Crippen LogP contribution in [0.3, 0.4) is 0 Å². The van der Waals surface area contributed by atoms with Gasteiger partial charge in [0.1, 0.15) is 11.9 Å². The van der Waals surface area contributed by atoms with E-state index in [1.807, 2.05) is 31.2 Å². The fourth-order valence-electron chi connectivity index (χ4n) is 3.87. The van der Waals surface area contributed by atoms with Crippen LogP contribution in [0.4, 0.5) is 21.0 Å². The summed E-state index contributed by atoms with van der Waals surface area (Å²) in [7, 11) is 1.54. The molecular formula is C26H27N5O5. The molecule has 4 rings (SSSR count). The van der Waals surface area contributed by atoms with Gasteiger partial charge in [-0.1, -0.05) is 19.1 Å². The smallest absolute Gasteiger partial charge is 0.408 e. The minimum atomic E-state index is -0.548. The number of alkyl carbamates (subject to hydrolysis) is 1. The van der Waals surface area contributed by atoms with E-state index in [0.717, 1.165) is 18.4 Å². The maximum absolute atomic E-state index is 12.7. The Labute approximate surface area is 208 Å². The van der Waals surface area contributed by atoms with E-state index < -0.39 is 23.8 Å². The Balaban J connectivity index is 1.39. The van der Waals surface area contributed by atoms with Gasteiger partial charge in [-0.15, -0.1) is 0 Å². The SMILES string of the molecule is CC[C@H](CC#N)OC(=O)NC1(c2cccc(NC(=O)Nc3ccc(-c4cnco4)c(OC)c3)c2)CC1. The van der Waals surface area contributed by atoms with Crippen molar-refractivity contribution in [3.8, 4) is 23.1 Å². The number of hydrogen-bond donors (Lipinski definition) is 3. The quantitative estimate of drug-likeness (QED) is 0.366. The van der Waals surface area contributed by atoms with E-state index in [4.69, 9.17) is 19.2 Å². The zero-order valence-corrected chi connectivity index (χ0v) is 20.0. The van der Waals surface area contributed by atoms with Gasteiger partial charge in [0, 0.05) is 17.4 Å². The third-order valence-electron chi connectivity index (χ3n) is 5.97. The predicted octanol–water partition coefficient (Wildman–Crippen LogP) is 5.40. The number of nitrogens with zero attached hydrogens (tertiary/aromatic N) is 2. The second-order valence-electron chi connectivity index (χ2n) is 8.45. The third kappa shape index (κ3) is 5.75. The highest BCUT2D eigenvalue weighted by atomic mass is 16.6. The third-order valence-corrected chi connectivity index (χ3v) is 5.97. The molecule has 1 heterocycles. The molecule has 3 amide bonds. The lowest BCUT2D eigenvalue weighted by Crippen LogP contribution is -2.37. The lowest BCUT2D eigenvalue weighted by atomic mass is 10.0. The van der Waals surface area contributed by atoms with E-state index in [1.54, 1.807) is 30.5 Å². The molecular weight excluding hydrogens is 462 g/mol. The number of urea groups is 1. The number of methoxy groups -OCH3 is 1. The molecule has 0 saturated heterocycles. The average molecular weight is 490 g/mol. The highest BCUT2D eigenvalue weighted by molar-refractivity contribution is 6.00. The molecule has 3 N–H and O–H groups in total. The van der Waals surface area contributed by atoms with E-state index in [1.165, 1.54) is 13.5 Å². The number of hydrogen-bond acceptors (Lipinski definition) is 7. The first-order valence-electron chi connectivity index (χ1n) is 11.6. The average Bonchev–Trinajstić information content (AvgIpc) is 3.44. The van der Waals surface area contributed by atoms with Crippen molar-refractivity contribution in [1.82, 2.24) is 10.3 Å². The summed E-state index contributed by atoms with van der Waals surface area (Å²) in [6.45, 7) is 1.86. The standard InChI is InChI=1S/C26H27N5O5/c1-3-20(9-12-27)36-25(33)31-26(10-11-26)17-5-4-6-18(13-17)29-24(32)30-19-7-8-21(22(14-19)34-2)23-15-28-16-35-23/h4-8,13-16,20H,3,9-11H2,1-2H3,(H,31,33)(H2,29,30,32)/t20-/m1/s1. The molecule has 186 valence electrons. The van der Waals surface area contributed by atoms with Gasteiger partial charge in [-0.3, -0.25) is 0 Å². The van der Waals surface area contributed by atoms with Gasteiger partial charge in [-0.05, 0) is 49.1 Å². The summed E-state index contributed by atoms with van der Waals surface area (Å²) in [5.41, 5.74) is 2.15. The monoisotopic (exact) mass is 489 g/mol. The molecule has 10 nitrogen and oxygen atoms in total. The molecule has 3 aromatic rings. The van der Waals surface area contributed by atoms with Gasteiger partial charge in [-0.25, -0.2) is 14.6 Å². The Kier molecular flexibility index (Phi) is 7.39. The number of ether oxygens (including phenoxy) is 2. The molecule has 0 aliphatic heterocycles. The summed E-state index contributed by atoms with van der Waals surface area (Å²) in [6, 6.07) is 14.1. The molecule has 0 spiro atoms. The first-order valence-corrected chi connectivity index (χ1v) is 11.6. The number of oxazole rings is 1. The number of anilines is 2. The predicted molar refractivity (Wildman–Crippen MR) is 132 cm³/mol. The van der Waals surface area contributed by atoms with E-state index >= 15 is 0 Å². The minimum absolute atomic E-state index is 0.153. The van der Waals surface area contributed by atoms with E-state index in [2.05, 4.69) is 20.9 Å². The first-order chi connectivity index (χ1) is 17.5. The number of aromatic nitrogens is 1. The summed E-state index contributed by atoms with van der Waals surface area (Å²) in [6.07, 6.45) is 4.16. The normalized spacial score (nSPS) is 14.1. The largest absolute Gasteiger partial charge is 0.496 e. The van der Waals surface area contributed by atoms with Crippen LogP contribution in [-0.2, 0) is 10.3 Å². The van der Waals surface area contributed by atoms with Gasteiger partial charge < -0.3 is 29.8 Å². The maximum Gasteiger partial charge on any atom is 0.408 e. The maximum atomic E-state index is 12.7. The van der Waals surface area contributed by atoms with Crippen molar-refractivity contribution in [2.45, 2.75) is 44.2 Å². The second kappa shape index (κ2) is 10.8. The Hall–Kier alpha value is -4.52. The molecule has 1 saturated carbocycles. The number of nitriles is 1. The van der Waals surface area contributed by atoms with Crippen molar-refractivity contribution >= 4 is 23.5 Å². The minimum Gasteiger partial charge on any atom is -0.496 e. The highest BCUT2D eigenvalue weighted by Crippen LogP contribution is 2.46. The van der Waals surface area contributed by atoms with Crippen molar-refractivity contribution in [3.63, 3.8) is 0 Å². The number of carbonyl (C=O) groups excluding carboxylic acids is 2. The number of carbonyl (C=O) groups is 2. The van der Waals surface area contributed by atoms with Crippen molar-refractivity contribution in [3.05, 3.63) is 60.6 Å². The van der Waals surface area contributed by atoms with Crippen LogP contribution < -0.4 is 20.7 Å². The number of benzene rings is 2. The van der Waals surface area contributed by atoms with Crippen LogP contribution in [0.5, 0.6) is 5.75 Å². The molecule has 1 aliphatic rings. The van der Waals surface area contributed by atoms with Gasteiger partial charge in [0.15, 0.2) is 12.2 Å². The summed E-state index contributed by atoms with van der Waals surface area (Å²) in [5.74, 6) is 1.08. The molecule has 1 fully saturated rings. The van der Waals surface area contributed by atoms with Crippen molar-refractivity contribution in [2.75, 3.05) is 17.7 Å². The molecule has 2 aromatic carbocycles. The van der Waals surface area contributed by atoms with Crippen molar-refractivity contribution in [1.29, 1.82) is 5.26 Å². The van der Waals surface area contributed by atoms with Gasteiger partial charge in [0.25, 0.3) is 0 Å². The van der Waals surface area contributed by atoms with Crippen molar-refractivity contribution in [2.24, 2.45) is 0 Å². The lowest BCUT2D eigenvalue weighted by Gasteiger charge is -2.21. The summed E-state index contributed by atoms with van der Waals surface area (Å²) >= 11 is 0.